The molecule has 0 radical (unpaired) electrons. The molecule has 0 aliphatic carbocycles. The number of hydrogen-bond donors (Lipinski definition) is 1. The van der Waals surface area contributed by atoms with E-state index in [1.54, 1.807) is 6.20 Å². The van der Waals surface area contributed by atoms with Crippen LogP contribution in [0.4, 0.5) is 0 Å². The number of likely N-dealkylation sites (N-methyl/N-ethyl adjacent to an activating group) is 2. The van der Waals surface area contributed by atoms with Crippen LogP contribution < -0.4 is 10.1 Å². The highest BCUT2D eigenvalue weighted by molar-refractivity contribution is 5.28. The first kappa shape index (κ1) is 17.9. The predicted molar refractivity (Wildman–Crippen MR) is 88.8 cm³/mol. The Morgan fingerprint density at radius 2 is 1.86 bits per heavy atom. The van der Waals surface area contributed by atoms with Gasteiger partial charge in [-0.3, -0.25) is 4.98 Å². The third-order valence-electron chi connectivity index (χ3n) is 4.44. The first-order valence-corrected chi connectivity index (χ1v) is 8.04. The summed E-state index contributed by atoms with van der Waals surface area (Å²) in [6, 6.07) is 2.35. The molecule has 0 bridgehead atoms. The van der Waals surface area contributed by atoms with Gasteiger partial charge in [-0.05, 0) is 52.0 Å². The van der Waals surface area contributed by atoms with Crippen LogP contribution in [0.1, 0.15) is 52.1 Å². The average Bonchev–Trinajstić information content (AvgIpc) is 2.48. The van der Waals surface area contributed by atoms with E-state index in [0.717, 1.165) is 25.1 Å². The number of hydrogen-bond acceptors (Lipinski definition) is 4. The van der Waals surface area contributed by atoms with Crippen LogP contribution in [-0.4, -0.2) is 42.7 Å². The van der Waals surface area contributed by atoms with Crippen molar-refractivity contribution in [2.45, 2.75) is 52.1 Å². The van der Waals surface area contributed by atoms with Crippen LogP contribution in [0.3, 0.4) is 0 Å². The summed E-state index contributed by atoms with van der Waals surface area (Å²) < 4.78 is 5.61. The monoisotopic (exact) mass is 293 g/mol. The Bertz CT molecular complexity index is 416. The molecule has 0 aliphatic heterocycles. The van der Waals surface area contributed by atoms with E-state index in [2.05, 4.69) is 56.1 Å². The summed E-state index contributed by atoms with van der Waals surface area (Å²) >= 11 is 0. The van der Waals surface area contributed by atoms with E-state index in [0.29, 0.717) is 6.61 Å². The molecular formula is C17H31N3O. The lowest BCUT2D eigenvalue weighted by molar-refractivity contribution is 0.0886. The minimum absolute atomic E-state index is 0.0720. The Morgan fingerprint density at radius 1 is 1.19 bits per heavy atom. The standard InChI is InChI=1S/C17H31N3O/c1-7-17(8-2,20(5)6)16(19-9-3)14-11-15(21-10-4)13-18-12-14/h11-13,16,19H,7-10H2,1-6H3. The van der Waals surface area contributed by atoms with Crippen molar-refractivity contribution >= 4 is 0 Å². The number of ether oxygens (including phenoxy) is 1. The fourth-order valence-corrected chi connectivity index (χ4v) is 3.21. The molecule has 1 aromatic heterocycles. The molecule has 0 aliphatic rings. The summed E-state index contributed by atoms with van der Waals surface area (Å²) in [5, 5.41) is 3.66. The van der Waals surface area contributed by atoms with Gasteiger partial charge in [-0.15, -0.1) is 0 Å². The third-order valence-corrected chi connectivity index (χ3v) is 4.44. The van der Waals surface area contributed by atoms with Crippen molar-refractivity contribution in [2.75, 3.05) is 27.2 Å². The van der Waals surface area contributed by atoms with Crippen molar-refractivity contribution in [1.29, 1.82) is 0 Å². The molecule has 0 aromatic carbocycles. The van der Waals surface area contributed by atoms with Gasteiger partial charge in [0.25, 0.3) is 0 Å². The Morgan fingerprint density at radius 3 is 2.33 bits per heavy atom. The van der Waals surface area contributed by atoms with Gasteiger partial charge in [0.15, 0.2) is 0 Å². The zero-order chi connectivity index (χ0) is 15.9. The molecule has 4 nitrogen and oxygen atoms in total. The highest BCUT2D eigenvalue weighted by atomic mass is 16.5. The van der Waals surface area contributed by atoms with Crippen molar-refractivity contribution in [3.05, 3.63) is 24.0 Å². The summed E-state index contributed by atoms with van der Waals surface area (Å²) in [5.74, 6) is 0.845. The maximum absolute atomic E-state index is 5.61. The van der Waals surface area contributed by atoms with Crippen molar-refractivity contribution in [3.8, 4) is 5.75 Å². The SMILES string of the molecule is CCNC(c1cncc(OCC)c1)C(CC)(CC)N(C)C. The molecular weight excluding hydrogens is 262 g/mol. The van der Waals surface area contributed by atoms with E-state index in [9.17, 15) is 0 Å². The van der Waals surface area contributed by atoms with Gasteiger partial charge in [0.2, 0.25) is 0 Å². The van der Waals surface area contributed by atoms with Crippen molar-refractivity contribution in [1.82, 2.24) is 15.2 Å². The van der Waals surface area contributed by atoms with E-state index in [1.165, 1.54) is 5.56 Å². The van der Waals surface area contributed by atoms with E-state index in [4.69, 9.17) is 4.74 Å². The maximum atomic E-state index is 5.61. The Labute approximate surface area is 129 Å². The Hall–Kier alpha value is -1.13. The summed E-state index contributed by atoms with van der Waals surface area (Å²) in [6.45, 7) is 10.3. The maximum Gasteiger partial charge on any atom is 0.137 e. The quantitative estimate of drug-likeness (QED) is 0.758. The third kappa shape index (κ3) is 3.95. The predicted octanol–water partition coefficient (Wildman–Crippen LogP) is 3.25. The number of aromatic nitrogens is 1. The van der Waals surface area contributed by atoms with Crippen molar-refractivity contribution < 1.29 is 4.74 Å². The summed E-state index contributed by atoms with van der Waals surface area (Å²) in [7, 11) is 4.33. The lowest BCUT2D eigenvalue weighted by Crippen LogP contribution is -2.53. The fraction of sp³-hybridized carbons (Fsp3) is 0.706. The zero-order valence-electron chi connectivity index (χ0n) is 14.4. The molecule has 1 aromatic rings. The van der Waals surface area contributed by atoms with Gasteiger partial charge in [0.05, 0.1) is 18.8 Å². The number of nitrogens with one attached hydrogen (secondary N) is 1. The molecule has 1 rings (SSSR count). The first-order chi connectivity index (χ1) is 10.1. The van der Waals surface area contributed by atoms with Gasteiger partial charge >= 0.3 is 0 Å². The van der Waals surface area contributed by atoms with Crippen LogP contribution in [0, 0.1) is 0 Å². The average molecular weight is 293 g/mol. The molecule has 1 atom stereocenters. The summed E-state index contributed by atoms with van der Waals surface area (Å²) in [4.78, 5) is 6.71. The number of pyridine rings is 1. The highest BCUT2D eigenvalue weighted by Gasteiger charge is 2.38. The smallest absolute Gasteiger partial charge is 0.137 e. The first-order valence-electron chi connectivity index (χ1n) is 8.04. The van der Waals surface area contributed by atoms with Crippen LogP contribution in [-0.2, 0) is 0 Å². The van der Waals surface area contributed by atoms with Gasteiger partial charge in [-0.1, -0.05) is 20.8 Å². The lowest BCUT2D eigenvalue weighted by atomic mass is 9.80. The molecule has 1 N–H and O–H groups in total. The van der Waals surface area contributed by atoms with E-state index in [-0.39, 0.29) is 11.6 Å². The molecule has 0 saturated carbocycles. The molecule has 21 heavy (non-hydrogen) atoms. The Balaban J connectivity index is 3.23. The minimum atomic E-state index is 0.0720. The summed E-state index contributed by atoms with van der Waals surface area (Å²) in [5.41, 5.74) is 1.27. The molecule has 0 amide bonds. The second-order valence-electron chi connectivity index (χ2n) is 5.58. The van der Waals surface area contributed by atoms with E-state index >= 15 is 0 Å². The van der Waals surface area contributed by atoms with Crippen molar-refractivity contribution in [3.63, 3.8) is 0 Å². The molecule has 0 saturated heterocycles. The van der Waals surface area contributed by atoms with Gasteiger partial charge in [-0.25, -0.2) is 0 Å². The number of rotatable bonds is 9. The normalized spacial score (nSPS) is 13.5. The largest absolute Gasteiger partial charge is 0.492 e. The second kappa shape index (κ2) is 8.35. The topological polar surface area (TPSA) is 37.4 Å². The van der Waals surface area contributed by atoms with Crippen LogP contribution in [0.15, 0.2) is 18.5 Å². The molecule has 0 spiro atoms. The van der Waals surface area contributed by atoms with E-state index < -0.39 is 0 Å². The highest BCUT2D eigenvalue weighted by Crippen LogP contribution is 2.36. The Kier molecular flexibility index (Phi) is 7.12. The second-order valence-corrected chi connectivity index (χ2v) is 5.58. The van der Waals surface area contributed by atoms with Crippen molar-refractivity contribution in [2.24, 2.45) is 0 Å². The van der Waals surface area contributed by atoms with Crippen LogP contribution in [0.2, 0.25) is 0 Å². The van der Waals surface area contributed by atoms with E-state index in [1.807, 2.05) is 13.1 Å². The van der Waals surface area contributed by atoms with Crippen LogP contribution in [0.5, 0.6) is 5.75 Å². The summed E-state index contributed by atoms with van der Waals surface area (Å²) in [6.07, 6.45) is 5.89. The molecule has 1 unspecified atom stereocenters. The molecule has 0 fully saturated rings. The van der Waals surface area contributed by atoms with Gasteiger partial charge in [0.1, 0.15) is 5.75 Å². The fourth-order valence-electron chi connectivity index (χ4n) is 3.21. The lowest BCUT2D eigenvalue weighted by Gasteiger charge is -2.45. The molecule has 4 heteroatoms. The van der Waals surface area contributed by atoms with Gasteiger partial charge in [0, 0.05) is 11.7 Å². The molecule has 120 valence electrons. The molecule has 1 heterocycles. The number of nitrogens with zero attached hydrogens (tertiary/aromatic N) is 2. The zero-order valence-corrected chi connectivity index (χ0v) is 14.4. The van der Waals surface area contributed by atoms with Gasteiger partial charge in [-0.2, -0.15) is 0 Å². The van der Waals surface area contributed by atoms with Crippen LogP contribution >= 0.6 is 0 Å². The van der Waals surface area contributed by atoms with Gasteiger partial charge < -0.3 is 15.0 Å². The minimum Gasteiger partial charge on any atom is -0.492 e. The van der Waals surface area contributed by atoms with Crippen LogP contribution in [0.25, 0.3) is 0 Å².